The van der Waals surface area contributed by atoms with E-state index >= 15 is 0 Å². The van der Waals surface area contributed by atoms with E-state index in [1.54, 1.807) is 38.3 Å². The maximum absolute atomic E-state index is 12.9. The Morgan fingerprint density at radius 3 is 2.28 bits per heavy atom. The van der Waals surface area contributed by atoms with Gasteiger partial charge in [-0.15, -0.1) is 0 Å². The number of benzene rings is 2. The molecule has 1 N–H and O–H groups in total. The van der Waals surface area contributed by atoms with Crippen LogP contribution in [0.15, 0.2) is 53.0 Å². The first kappa shape index (κ1) is 22.7. The van der Waals surface area contributed by atoms with Crippen LogP contribution in [0.4, 0.5) is 0 Å². The molecule has 2 amide bonds. The Balaban J connectivity index is 2.09. The van der Waals surface area contributed by atoms with Crippen molar-refractivity contribution >= 4 is 27.7 Å². The number of halogens is 1. The highest BCUT2D eigenvalue weighted by molar-refractivity contribution is 9.10. The van der Waals surface area contributed by atoms with Crippen LogP contribution in [0, 0.1) is 0 Å². The summed E-state index contributed by atoms with van der Waals surface area (Å²) in [6, 6.07) is 14.1. The maximum Gasteiger partial charge on any atom is 0.261 e. The van der Waals surface area contributed by atoms with Crippen molar-refractivity contribution in [1.82, 2.24) is 10.2 Å². The molecule has 0 aromatic heterocycles. The summed E-state index contributed by atoms with van der Waals surface area (Å²) in [7, 11) is 1.59. The summed E-state index contributed by atoms with van der Waals surface area (Å²) in [6.45, 7) is 4.45. The number of rotatable bonds is 10. The fourth-order valence-corrected chi connectivity index (χ4v) is 2.93. The Hall–Kier alpha value is -2.54. The van der Waals surface area contributed by atoms with Gasteiger partial charge >= 0.3 is 0 Å². The lowest BCUT2D eigenvalue weighted by Gasteiger charge is -2.28. The minimum atomic E-state index is -0.614. The first-order valence-corrected chi connectivity index (χ1v) is 10.3. The van der Waals surface area contributed by atoms with E-state index in [9.17, 15) is 9.59 Å². The van der Waals surface area contributed by atoms with Gasteiger partial charge in [-0.25, -0.2) is 0 Å². The van der Waals surface area contributed by atoms with Crippen molar-refractivity contribution < 1.29 is 19.1 Å². The van der Waals surface area contributed by atoms with E-state index in [-0.39, 0.29) is 18.4 Å². The van der Waals surface area contributed by atoms with Gasteiger partial charge in [-0.1, -0.05) is 35.0 Å². The summed E-state index contributed by atoms with van der Waals surface area (Å²) in [4.78, 5) is 26.9. The van der Waals surface area contributed by atoms with Gasteiger partial charge in [0.15, 0.2) is 6.61 Å². The van der Waals surface area contributed by atoms with Crippen LogP contribution in [0.25, 0.3) is 0 Å². The van der Waals surface area contributed by atoms with E-state index in [1.807, 2.05) is 31.2 Å². The molecule has 0 aliphatic heterocycles. The van der Waals surface area contributed by atoms with Gasteiger partial charge in [0.05, 0.1) is 7.11 Å². The largest absolute Gasteiger partial charge is 0.497 e. The minimum Gasteiger partial charge on any atom is -0.497 e. The van der Waals surface area contributed by atoms with Crippen LogP contribution < -0.4 is 14.8 Å². The Labute approximate surface area is 180 Å². The maximum atomic E-state index is 12.9. The van der Waals surface area contributed by atoms with Crippen LogP contribution in [0.1, 0.15) is 25.8 Å². The van der Waals surface area contributed by atoms with Gasteiger partial charge in [0.25, 0.3) is 5.91 Å². The van der Waals surface area contributed by atoms with Crippen LogP contribution in [-0.4, -0.2) is 43.0 Å². The lowest BCUT2D eigenvalue weighted by molar-refractivity contribution is -0.142. The number of methoxy groups -OCH3 is 1. The third kappa shape index (κ3) is 7.09. The van der Waals surface area contributed by atoms with Gasteiger partial charge in [-0.05, 0) is 55.3 Å². The molecule has 7 heteroatoms. The summed E-state index contributed by atoms with van der Waals surface area (Å²) in [5, 5.41) is 2.85. The number of carbonyl (C=O) groups is 2. The molecule has 0 aliphatic rings. The van der Waals surface area contributed by atoms with Crippen LogP contribution in [0.3, 0.4) is 0 Å². The van der Waals surface area contributed by atoms with Crippen molar-refractivity contribution in [3.8, 4) is 11.5 Å². The number of nitrogens with zero attached hydrogens (tertiary/aromatic N) is 1. The molecule has 0 aliphatic carbocycles. The van der Waals surface area contributed by atoms with Gasteiger partial charge < -0.3 is 19.7 Å². The predicted octanol–water partition coefficient (Wildman–Crippen LogP) is 3.78. The summed E-state index contributed by atoms with van der Waals surface area (Å²) in [6.07, 6.45) is 0.833. The molecule has 0 radical (unpaired) electrons. The first-order chi connectivity index (χ1) is 13.9. The van der Waals surface area contributed by atoms with Crippen molar-refractivity contribution in [2.75, 3.05) is 20.3 Å². The molecule has 29 heavy (non-hydrogen) atoms. The molecular formula is C22H27BrN2O4. The highest BCUT2D eigenvalue weighted by Crippen LogP contribution is 2.18. The van der Waals surface area contributed by atoms with Crippen molar-refractivity contribution in [3.05, 3.63) is 58.6 Å². The molecule has 0 saturated carbocycles. The number of ether oxygens (including phenoxy) is 2. The minimum absolute atomic E-state index is 0.158. The number of nitrogens with one attached hydrogen (secondary N) is 1. The van der Waals surface area contributed by atoms with Crippen LogP contribution >= 0.6 is 15.9 Å². The zero-order chi connectivity index (χ0) is 21.2. The molecule has 156 valence electrons. The van der Waals surface area contributed by atoms with E-state index in [0.29, 0.717) is 24.6 Å². The quantitative estimate of drug-likeness (QED) is 0.583. The normalized spacial score (nSPS) is 11.4. The van der Waals surface area contributed by atoms with Crippen molar-refractivity contribution in [2.45, 2.75) is 32.9 Å². The molecule has 0 unspecified atom stereocenters. The second-order valence-electron chi connectivity index (χ2n) is 6.58. The Kier molecular flexibility index (Phi) is 8.99. The molecule has 2 rings (SSSR count). The summed E-state index contributed by atoms with van der Waals surface area (Å²) < 4.78 is 11.7. The molecule has 2 aromatic rings. The van der Waals surface area contributed by atoms with E-state index < -0.39 is 6.04 Å². The number of amides is 2. The fourth-order valence-electron chi connectivity index (χ4n) is 2.66. The highest BCUT2D eigenvalue weighted by Gasteiger charge is 2.26. The number of hydrogen-bond donors (Lipinski definition) is 1. The molecule has 6 nitrogen and oxygen atoms in total. The monoisotopic (exact) mass is 462 g/mol. The standard InChI is InChI=1S/C22H27BrN2O4/c1-4-13-24-22(27)16(2)25(14-17-5-7-18(23)8-6-17)21(26)15-29-20-11-9-19(28-3)10-12-20/h5-12,16H,4,13-15H2,1-3H3,(H,24,27)/t16-/m0/s1. The summed E-state index contributed by atoms with van der Waals surface area (Å²) in [5.41, 5.74) is 0.932. The first-order valence-electron chi connectivity index (χ1n) is 9.53. The zero-order valence-electron chi connectivity index (χ0n) is 17.0. The summed E-state index contributed by atoms with van der Waals surface area (Å²) in [5.74, 6) is 0.831. The third-order valence-electron chi connectivity index (χ3n) is 4.40. The van der Waals surface area contributed by atoms with E-state index in [4.69, 9.17) is 9.47 Å². The van der Waals surface area contributed by atoms with Crippen LogP contribution in [0.2, 0.25) is 0 Å². The molecule has 0 bridgehead atoms. The van der Waals surface area contributed by atoms with Crippen molar-refractivity contribution in [1.29, 1.82) is 0 Å². The fraction of sp³-hybridized carbons (Fsp3) is 0.364. The topological polar surface area (TPSA) is 67.9 Å². The molecule has 0 heterocycles. The van der Waals surface area contributed by atoms with Gasteiger partial charge in [-0.2, -0.15) is 0 Å². The number of hydrogen-bond acceptors (Lipinski definition) is 4. The lowest BCUT2D eigenvalue weighted by atomic mass is 10.1. The second-order valence-corrected chi connectivity index (χ2v) is 7.49. The van der Waals surface area contributed by atoms with Gasteiger partial charge in [0, 0.05) is 17.6 Å². The predicted molar refractivity (Wildman–Crippen MR) is 116 cm³/mol. The molecule has 0 spiro atoms. The third-order valence-corrected chi connectivity index (χ3v) is 4.93. The van der Waals surface area contributed by atoms with Crippen LogP contribution in [-0.2, 0) is 16.1 Å². The average Bonchev–Trinajstić information content (AvgIpc) is 2.75. The van der Waals surface area contributed by atoms with Gasteiger partial charge in [0.1, 0.15) is 17.5 Å². The Morgan fingerprint density at radius 1 is 1.07 bits per heavy atom. The highest BCUT2D eigenvalue weighted by atomic mass is 79.9. The van der Waals surface area contributed by atoms with Crippen molar-refractivity contribution in [3.63, 3.8) is 0 Å². The Morgan fingerprint density at radius 2 is 1.69 bits per heavy atom. The van der Waals surface area contributed by atoms with Gasteiger partial charge in [0.2, 0.25) is 5.91 Å². The van der Waals surface area contributed by atoms with Gasteiger partial charge in [-0.3, -0.25) is 9.59 Å². The molecule has 0 saturated heterocycles. The molecule has 2 aromatic carbocycles. The van der Waals surface area contributed by atoms with Crippen LogP contribution in [0.5, 0.6) is 11.5 Å². The van der Waals surface area contributed by atoms with Crippen molar-refractivity contribution in [2.24, 2.45) is 0 Å². The second kappa shape index (κ2) is 11.5. The zero-order valence-corrected chi connectivity index (χ0v) is 18.6. The lowest BCUT2D eigenvalue weighted by Crippen LogP contribution is -2.49. The Bertz CT molecular complexity index is 793. The average molecular weight is 463 g/mol. The van der Waals surface area contributed by atoms with E-state index in [0.717, 1.165) is 16.5 Å². The molecular weight excluding hydrogens is 436 g/mol. The summed E-state index contributed by atoms with van der Waals surface area (Å²) >= 11 is 3.41. The van der Waals surface area contributed by atoms with E-state index in [1.165, 1.54) is 4.90 Å². The number of carbonyl (C=O) groups excluding carboxylic acids is 2. The molecule has 0 fully saturated rings. The smallest absolute Gasteiger partial charge is 0.261 e. The molecule has 1 atom stereocenters. The SMILES string of the molecule is CCCNC(=O)[C@H](C)N(Cc1ccc(Br)cc1)C(=O)COc1ccc(OC)cc1. The van der Waals surface area contributed by atoms with E-state index in [2.05, 4.69) is 21.2 Å².